The van der Waals surface area contributed by atoms with Crippen molar-refractivity contribution < 1.29 is 4.79 Å². The lowest BCUT2D eigenvalue weighted by Crippen LogP contribution is -2.43. The Balaban J connectivity index is 2.19. The van der Waals surface area contributed by atoms with Gasteiger partial charge in [-0.1, -0.05) is 13.3 Å². The molecular weight excluding hydrogens is 236 g/mol. The molecule has 0 saturated carbocycles. The Morgan fingerprint density at radius 2 is 1.95 bits per heavy atom. The van der Waals surface area contributed by atoms with Gasteiger partial charge in [-0.05, 0) is 51.2 Å². The molecule has 1 aromatic heterocycles. The van der Waals surface area contributed by atoms with Crippen molar-refractivity contribution in [3.05, 3.63) is 30.1 Å². The quantitative estimate of drug-likeness (QED) is 0.815. The molecule has 1 aliphatic heterocycles. The number of carbonyl (C=O) groups is 1. The van der Waals surface area contributed by atoms with Gasteiger partial charge in [0, 0.05) is 30.0 Å². The van der Waals surface area contributed by atoms with E-state index < -0.39 is 0 Å². The summed E-state index contributed by atoms with van der Waals surface area (Å²) in [7, 11) is 0. The summed E-state index contributed by atoms with van der Waals surface area (Å²) in [5, 5.41) is 0. The lowest BCUT2D eigenvalue weighted by Gasteiger charge is -2.33. The monoisotopic (exact) mass is 260 g/mol. The van der Waals surface area contributed by atoms with Crippen molar-refractivity contribution in [3.8, 4) is 0 Å². The number of carbonyl (C=O) groups excluding carboxylic acids is 1. The van der Waals surface area contributed by atoms with Gasteiger partial charge in [0.2, 0.25) is 0 Å². The van der Waals surface area contributed by atoms with Crippen LogP contribution >= 0.6 is 0 Å². The van der Waals surface area contributed by atoms with Crippen LogP contribution in [0.3, 0.4) is 0 Å². The highest BCUT2D eigenvalue weighted by Gasteiger charge is 2.31. The summed E-state index contributed by atoms with van der Waals surface area (Å²) in [5.74, 6) is 0.909. The number of pyridine rings is 1. The molecule has 0 radical (unpaired) electrons. The maximum absolute atomic E-state index is 12.7. The number of rotatable bonds is 2. The van der Waals surface area contributed by atoms with E-state index in [0.29, 0.717) is 12.1 Å². The van der Waals surface area contributed by atoms with Crippen molar-refractivity contribution in [2.75, 3.05) is 0 Å². The summed E-state index contributed by atoms with van der Waals surface area (Å²) < 4.78 is 0. The molecule has 1 saturated heterocycles. The van der Waals surface area contributed by atoms with Crippen LogP contribution in [0.25, 0.3) is 0 Å². The SMILES string of the molecule is CCC1CCC(C)N(C(=O)c2ccncc2)C(C)C1. The van der Waals surface area contributed by atoms with Crippen LogP contribution in [0.15, 0.2) is 24.5 Å². The van der Waals surface area contributed by atoms with Gasteiger partial charge in [-0.3, -0.25) is 9.78 Å². The van der Waals surface area contributed by atoms with E-state index in [1.165, 1.54) is 12.8 Å². The Hall–Kier alpha value is -1.38. The summed E-state index contributed by atoms with van der Waals surface area (Å²) in [6.07, 6.45) is 8.07. The average Bonchev–Trinajstić information content (AvgIpc) is 2.57. The lowest BCUT2D eigenvalue weighted by atomic mass is 9.94. The van der Waals surface area contributed by atoms with Gasteiger partial charge < -0.3 is 4.90 Å². The molecule has 3 nitrogen and oxygen atoms in total. The van der Waals surface area contributed by atoms with Crippen molar-refractivity contribution >= 4 is 5.91 Å². The van der Waals surface area contributed by atoms with E-state index in [9.17, 15) is 4.79 Å². The minimum Gasteiger partial charge on any atom is -0.333 e. The highest BCUT2D eigenvalue weighted by atomic mass is 16.2. The molecule has 1 aromatic rings. The molecule has 2 rings (SSSR count). The molecule has 0 N–H and O–H groups in total. The van der Waals surface area contributed by atoms with Gasteiger partial charge in [0.25, 0.3) is 5.91 Å². The number of hydrogen-bond acceptors (Lipinski definition) is 2. The van der Waals surface area contributed by atoms with Crippen LogP contribution in [0.5, 0.6) is 0 Å². The topological polar surface area (TPSA) is 33.2 Å². The molecule has 3 atom stereocenters. The van der Waals surface area contributed by atoms with Gasteiger partial charge in [-0.2, -0.15) is 0 Å². The zero-order valence-electron chi connectivity index (χ0n) is 12.2. The molecule has 2 heterocycles. The highest BCUT2D eigenvalue weighted by Crippen LogP contribution is 2.29. The van der Waals surface area contributed by atoms with Crippen molar-refractivity contribution in [1.29, 1.82) is 0 Å². The fourth-order valence-electron chi connectivity index (χ4n) is 3.18. The van der Waals surface area contributed by atoms with Crippen molar-refractivity contribution in [2.45, 2.75) is 58.5 Å². The largest absolute Gasteiger partial charge is 0.333 e. The third kappa shape index (κ3) is 3.14. The third-order valence-electron chi connectivity index (χ3n) is 4.36. The molecule has 0 aromatic carbocycles. The third-order valence-corrected chi connectivity index (χ3v) is 4.36. The van der Waals surface area contributed by atoms with E-state index >= 15 is 0 Å². The number of likely N-dealkylation sites (tertiary alicyclic amines) is 1. The Morgan fingerprint density at radius 1 is 1.26 bits per heavy atom. The summed E-state index contributed by atoms with van der Waals surface area (Å²) in [6.45, 7) is 6.61. The van der Waals surface area contributed by atoms with Crippen LogP contribution in [0, 0.1) is 5.92 Å². The van der Waals surface area contributed by atoms with E-state index in [2.05, 4.69) is 30.7 Å². The lowest BCUT2D eigenvalue weighted by molar-refractivity contribution is 0.0609. The number of amides is 1. The van der Waals surface area contributed by atoms with Crippen LogP contribution < -0.4 is 0 Å². The number of aromatic nitrogens is 1. The van der Waals surface area contributed by atoms with E-state index in [1.54, 1.807) is 12.4 Å². The smallest absolute Gasteiger partial charge is 0.254 e. The molecule has 0 aliphatic carbocycles. The van der Waals surface area contributed by atoms with Gasteiger partial charge in [-0.25, -0.2) is 0 Å². The second-order valence-electron chi connectivity index (χ2n) is 5.73. The van der Waals surface area contributed by atoms with Crippen molar-refractivity contribution in [1.82, 2.24) is 9.88 Å². The predicted octanol–water partition coefficient (Wildman–Crippen LogP) is 3.51. The second kappa shape index (κ2) is 6.18. The van der Waals surface area contributed by atoms with Crippen molar-refractivity contribution in [3.63, 3.8) is 0 Å². The predicted molar refractivity (Wildman–Crippen MR) is 77.0 cm³/mol. The first kappa shape index (κ1) is 14.0. The van der Waals surface area contributed by atoms with Gasteiger partial charge in [0.05, 0.1) is 0 Å². The Bertz CT molecular complexity index is 418. The van der Waals surface area contributed by atoms with E-state index in [4.69, 9.17) is 0 Å². The first-order valence-corrected chi connectivity index (χ1v) is 7.36. The minimum atomic E-state index is 0.152. The van der Waals surface area contributed by atoms with Gasteiger partial charge >= 0.3 is 0 Å². The standard InChI is InChI=1S/C16H24N2O/c1-4-14-6-5-12(2)18(13(3)11-14)16(19)15-7-9-17-10-8-15/h7-10,12-14H,4-6,11H2,1-3H3. The summed E-state index contributed by atoms with van der Waals surface area (Å²) in [6, 6.07) is 4.27. The van der Waals surface area contributed by atoms with E-state index in [-0.39, 0.29) is 5.91 Å². The minimum absolute atomic E-state index is 0.152. The van der Waals surface area contributed by atoms with Crippen LogP contribution in [0.4, 0.5) is 0 Å². The summed E-state index contributed by atoms with van der Waals surface area (Å²) in [5.41, 5.74) is 0.753. The van der Waals surface area contributed by atoms with Crippen LogP contribution in [0.1, 0.15) is 56.8 Å². The molecule has 19 heavy (non-hydrogen) atoms. The zero-order valence-corrected chi connectivity index (χ0v) is 12.2. The van der Waals surface area contributed by atoms with Gasteiger partial charge in [-0.15, -0.1) is 0 Å². The Kier molecular flexibility index (Phi) is 4.56. The van der Waals surface area contributed by atoms with Crippen LogP contribution in [-0.2, 0) is 0 Å². The molecule has 1 amide bonds. The van der Waals surface area contributed by atoms with E-state index in [0.717, 1.165) is 24.3 Å². The average molecular weight is 260 g/mol. The number of hydrogen-bond donors (Lipinski definition) is 0. The molecule has 3 heteroatoms. The summed E-state index contributed by atoms with van der Waals surface area (Å²) >= 11 is 0. The molecule has 0 bridgehead atoms. The maximum Gasteiger partial charge on any atom is 0.254 e. The fraction of sp³-hybridized carbons (Fsp3) is 0.625. The Labute approximate surface area is 116 Å². The van der Waals surface area contributed by atoms with Gasteiger partial charge in [0.15, 0.2) is 0 Å². The maximum atomic E-state index is 12.7. The molecule has 1 aliphatic rings. The Morgan fingerprint density at radius 3 is 2.58 bits per heavy atom. The molecule has 3 unspecified atom stereocenters. The molecular formula is C16H24N2O. The van der Waals surface area contributed by atoms with Crippen molar-refractivity contribution in [2.24, 2.45) is 5.92 Å². The highest BCUT2D eigenvalue weighted by molar-refractivity contribution is 5.94. The second-order valence-corrected chi connectivity index (χ2v) is 5.73. The normalized spacial score (nSPS) is 27.9. The van der Waals surface area contributed by atoms with Crippen LogP contribution in [0.2, 0.25) is 0 Å². The summed E-state index contributed by atoms with van der Waals surface area (Å²) in [4.78, 5) is 18.7. The fourth-order valence-corrected chi connectivity index (χ4v) is 3.18. The zero-order chi connectivity index (χ0) is 13.8. The van der Waals surface area contributed by atoms with E-state index in [1.807, 2.05) is 12.1 Å². The molecule has 104 valence electrons. The van der Waals surface area contributed by atoms with Gasteiger partial charge in [0.1, 0.15) is 0 Å². The molecule has 0 spiro atoms. The first-order valence-electron chi connectivity index (χ1n) is 7.36. The first-order chi connectivity index (χ1) is 9.13. The number of nitrogens with zero attached hydrogens (tertiary/aromatic N) is 2. The molecule has 1 fully saturated rings. The van der Waals surface area contributed by atoms with Crippen LogP contribution in [-0.4, -0.2) is 27.9 Å².